The summed E-state index contributed by atoms with van der Waals surface area (Å²) >= 11 is 2.97. The van der Waals surface area contributed by atoms with Crippen molar-refractivity contribution in [1.82, 2.24) is 9.97 Å². The van der Waals surface area contributed by atoms with Crippen LogP contribution in [0.25, 0.3) is 0 Å². The molecule has 1 aromatic carbocycles. The Kier molecular flexibility index (Phi) is 6.99. The molecule has 0 aliphatic rings. The standard InChI is InChI=1S/C17H17BrF6N4O/c1-8(2)12(7-29)26-15-27-13(17(22,23)24)6-14(28-15)25-11-4-3-9(5-10(11)18)16(19,20)21/h3-6,8,12,29H,7H2,1-2H3,(H2,25,26,27,28)/t12-/m0/s1. The first-order valence-corrected chi connectivity index (χ1v) is 9.08. The molecular formula is C17H17BrF6N4O. The number of anilines is 3. The lowest BCUT2D eigenvalue weighted by molar-refractivity contribution is -0.141. The Morgan fingerprint density at radius 2 is 1.69 bits per heavy atom. The van der Waals surface area contributed by atoms with Gasteiger partial charge in [-0.2, -0.15) is 31.3 Å². The second kappa shape index (κ2) is 8.74. The summed E-state index contributed by atoms with van der Waals surface area (Å²) in [5.74, 6) is -0.785. The molecule has 1 atom stereocenters. The van der Waals surface area contributed by atoms with Crippen LogP contribution in [0.5, 0.6) is 0 Å². The molecular weight excluding hydrogens is 470 g/mol. The number of hydrogen-bond donors (Lipinski definition) is 3. The molecule has 0 spiro atoms. The molecule has 0 amide bonds. The van der Waals surface area contributed by atoms with Gasteiger partial charge in [0.25, 0.3) is 0 Å². The van der Waals surface area contributed by atoms with Crippen LogP contribution < -0.4 is 10.6 Å². The average Bonchev–Trinajstić information content (AvgIpc) is 2.59. The molecule has 3 N–H and O–H groups in total. The lowest BCUT2D eigenvalue weighted by Crippen LogP contribution is -2.30. The number of halogens is 7. The van der Waals surface area contributed by atoms with E-state index < -0.39 is 29.7 Å². The van der Waals surface area contributed by atoms with E-state index in [1.807, 2.05) is 0 Å². The van der Waals surface area contributed by atoms with Crippen molar-refractivity contribution in [1.29, 1.82) is 0 Å². The molecule has 2 aromatic rings. The maximum absolute atomic E-state index is 13.2. The molecule has 5 nitrogen and oxygen atoms in total. The van der Waals surface area contributed by atoms with Gasteiger partial charge in [0, 0.05) is 10.5 Å². The van der Waals surface area contributed by atoms with Gasteiger partial charge in [0.2, 0.25) is 5.95 Å². The van der Waals surface area contributed by atoms with Gasteiger partial charge in [-0.25, -0.2) is 4.98 Å². The first-order chi connectivity index (χ1) is 13.3. The van der Waals surface area contributed by atoms with Gasteiger partial charge >= 0.3 is 12.4 Å². The molecule has 0 saturated carbocycles. The van der Waals surface area contributed by atoms with Crippen molar-refractivity contribution in [2.45, 2.75) is 32.2 Å². The van der Waals surface area contributed by atoms with Crippen LogP contribution in [0.2, 0.25) is 0 Å². The molecule has 0 bridgehead atoms. The fourth-order valence-corrected chi connectivity index (χ4v) is 2.72. The van der Waals surface area contributed by atoms with Gasteiger partial charge in [-0.05, 0) is 40.0 Å². The number of nitrogens with zero attached hydrogens (tertiary/aromatic N) is 2. The van der Waals surface area contributed by atoms with E-state index in [0.29, 0.717) is 6.07 Å². The van der Waals surface area contributed by atoms with E-state index in [9.17, 15) is 31.4 Å². The Labute approximate surface area is 170 Å². The Morgan fingerprint density at radius 1 is 1.03 bits per heavy atom. The third-order valence-corrected chi connectivity index (χ3v) is 4.55. The van der Waals surface area contributed by atoms with Crippen LogP contribution in [0.1, 0.15) is 25.1 Å². The lowest BCUT2D eigenvalue weighted by atomic mass is 10.1. The number of aliphatic hydroxyl groups is 1. The summed E-state index contributed by atoms with van der Waals surface area (Å²) in [7, 11) is 0. The van der Waals surface area contributed by atoms with Crippen molar-refractivity contribution in [2.24, 2.45) is 5.92 Å². The van der Waals surface area contributed by atoms with Crippen molar-refractivity contribution < 1.29 is 31.4 Å². The Balaban J connectivity index is 2.40. The molecule has 160 valence electrons. The number of hydrogen-bond acceptors (Lipinski definition) is 5. The maximum Gasteiger partial charge on any atom is 0.433 e. The number of nitrogens with one attached hydrogen (secondary N) is 2. The Morgan fingerprint density at radius 3 is 2.17 bits per heavy atom. The highest BCUT2D eigenvalue weighted by Crippen LogP contribution is 2.36. The predicted octanol–water partition coefficient (Wildman–Crippen LogP) is 5.45. The highest BCUT2D eigenvalue weighted by atomic mass is 79.9. The van der Waals surface area contributed by atoms with Crippen LogP contribution in [0.15, 0.2) is 28.7 Å². The first kappa shape index (κ1) is 23.2. The quantitative estimate of drug-likeness (QED) is 0.473. The van der Waals surface area contributed by atoms with E-state index in [1.54, 1.807) is 13.8 Å². The molecule has 0 unspecified atom stereocenters. The van der Waals surface area contributed by atoms with Crippen LogP contribution in [0.3, 0.4) is 0 Å². The fraction of sp³-hybridized carbons (Fsp3) is 0.412. The van der Waals surface area contributed by atoms with E-state index in [4.69, 9.17) is 0 Å². The largest absolute Gasteiger partial charge is 0.433 e. The molecule has 0 fully saturated rings. The van der Waals surface area contributed by atoms with Gasteiger partial charge in [0.15, 0.2) is 5.69 Å². The van der Waals surface area contributed by atoms with Crippen LogP contribution in [0, 0.1) is 5.92 Å². The summed E-state index contributed by atoms with van der Waals surface area (Å²) in [4.78, 5) is 7.36. The average molecular weight is 487 g/mol. The number of benzene rings is 1. The first-order valence-electron chi connectivity index (χ1n) is 8.28. The third kappa shape index (κ3) is 6.20. The number of aliphatic hydroxyl groups excluding tert-OH is 1. The van der Waals surface area contributed by atoms with E-state index in [1.165, 1.54) is 0 Å². The minimum atomic E-state index is -4.78. The zero-order valence-electron chi connectivity index (χ0n) is 15.2. The summed E-state index contributed by atoms with van der Waals surface area (Å²) in [6.45, 7) is 3.14. The number of aromatic nitrogens is 2. The van der Waals surface area contributed by atoms with Crippen molar-refractivity contribution >= 4 is 33.4 Å². The normalized spacial score (nSPS) is 13.5. The van der Waals surface area contributed by atoms with E-state index >= 15 is 0 Å². The van der Waals surface area contributed by atoms with Crippen LogP contribution in [-0.2, 0) is 12.4 Å². The summed E-state index contributed by atoms with van der Waals surface area (Å²) in [5, 5.41) is 14.6. The van der Waals surface area contributed by atoms with E-state index in [0.717, 1.165) is 18.2 Å². The van der Waals surface area contributed by atoms with Gasteiger partial charge in [-0.15, -0.1) is 0 Å². The SMILES string of the molecule is CC(C)[C@H](CO)Nc1nc(Nc2ccc(C(F)(F)F)cc2Br)cc(C(F)(F)F)n1. The van der Waals surface area contributed by atoms with Crippen molar-refractivity contribution in [3.05, 3.63) is 40.0 Å². The van der Waals surface area contributed by atoms with Gasteiger partial charge in [0.05, 0.1) is 23.9 Å². The minimum Gasteiger partial charge on any atom is -0.394 e. The molecule has 12 heteroatoms. The van der Waals surface area contributed by atoms with Gasteiger partial charge in [0.1, 0.15) is 5.82 Å². The second-order valence-corrected chi connectivity index (χ2v) is 7.31. The fourth-order valence-electron chi connectivity index (χ4n) is 2.24. The maximum atomic E-state index is 13.2. The molecule has 0 radical (unpaired) electrons. The lowest BCUT2D eigenvalue weighted by Gasteiger charge is -2.21. The van der Waals surface area contributed by atoms with E-state index in [2.05, 4.69) is 36.5 Å². The minimum absolute atomic E-state index is 0.00980. The van der Waals surface area contributed by atoms with Crippen molar-refractivity contribution in [3.63, 3.8) is 0 Å². The zero-order valence-corrected chi connectivity index (χ0v) is 16.7. The molecule has 0 saturated heterocycles. The molecule has 1 heterocycles. The van der Waals surface area contributed by atoms with Crippen molar-refractivity contribution in [2.75, 3.05) is 17.2 Å². The summed E-state index contributed by atoms with van der Waals surface area (Å²) in [5.41, 5.74) is -2.09. The van der Waals surface area contributed by atoms with Gasteiger partial charge in [-0.3, -0.25) is 0 Å². The summed E-state index contributed by atoms with van der Waals surface area (Å²) < 4.78 is 77.9. The highest BCUT2D eigenvalue weighted by Gasteiger charge is 2.34. The van der Waals surface area contributed by atoms with Crippen LogP contribution in [-0.4, -0.2) is 27.7 Å². The van der Waals surface area contributed by atoms with Gasteiger partial charge < -0.3 is 15.7 Å². The Bertz CT molecular complexity index is 857. The smallest absolute Gasteiger partial charge is 0.394 e. The van der Waals surface area contributed by atoms with E-state index in [-0.39, 0.29) is 34.5 Å². The molecule has 0 aliphatic heterocycles. The monoisotopic (exact) mass is 486 g/mol. The highest BCUT2D eigenvalue weighted by molar-refractivity contribution is 9.10. The third-order valence-electron chi connectivity index (χ3n) is 3.89. The molecule has 0 aliphatic carbocycles. The van der Waals surface area contributed by atoms with Crippen LogP contribution in [0.4, 0.5) is 43.8 Å². The van der Waals surface area contributed by atoms with Crippen molar-refractivity contribution in [3.8, 4) is 0 Å². The molecule has 2 rings (SSSR count). The summed E-state index contributed by atoms with van der Waals surface area (Å²) in [6.07, 6.45) is -9.34. The molecule has 29 heavy (non-hydrogen) atoms. The number of alkyl halides is 6. The second-order valence-electron chi connectivity index (χ2n) is 6.45. The molecule has 1 aromatic heterocycles. The van der Waals surface area contributed by atoms with Gasteiger partial charge in [-0.1, -0.05) is 13.8 Å². The Hall–Kier alpha value is -2.08. The summed E-state index contributed by atoms with van der Waals surface area (Å²) in [6, 6.07) is 2.70. The topological polar surface area (TPSA) is 70.1 Å². The number of rotatable bonds is 6. The predicted molar refractivity (Wildman–Crippen MR) is 98.8 cm³/mol. The zero-order chi connectivity index (χ0) is 22.0. The van der Waals surface area contributed by atoms with Crippen LogP contribution >= 0.6 is 15.9 Å².